The third-order valence-electron chi connectivity index (χ3n) is 3.24. The molecule has 4 nitrogen and oxygen atoms in total. The SMILES string of the molecule is CC(C)c1cc(C2CCCN2CCN)no1. The minimum atomic E-state index is 0.408. The van der Waals surface area contributed by atoms with Gasteiger partial charge in [-0.15, -0.1) is 0 Å². The Morgan fingerprint density at radius 2 is 2.44 bits per heavy atom. The van der Waals surface area contributed by atoms with Crippen molar-refractivity contribution in [2.45, 2.75) is 38.6 Å². The number of nitrogens with zero attached hydrogens (tertiary/aromatic N) is 2. The van der Waals surface area contributed by atoms with Gasteiger partial charge < -0.3 is 10.3 Å². The minimum absolute atomic E-state index is 0.408. The summed E-state index contributed by atoms with van der Waals surface area (Å²) >= 11 is 0. The van der Waals surface area contributed by atoms with Gasteiger partial charge in [-0.05, 0) is 19.4 Å². The molecule has 2 rings (SSSR count). The second-order valence-corrected chi connectivity index (χ2v) is 4.79. The summed E-state index contributed by atoms with van der Waals surface area (Å²) in [6.45, 7) is 7.04. The molecule has 1 saturated heterocycles. The largest absolute Gasteiger partial charge is 0.361 e. The van der Waals surface area contributed by atoms with Crippen LogP contribution in [0.4, 0.5) is 0 Å². The van der Waals surface area contributed by atoms with Crippen molar-refractivity contribution >= 4 is 0 Å². The summed E-state index contributed by atoms with van der Waals surface area (Å²) in [5.74, 6) is 1.39. The summed E-state index contributed by atoms with van der Waals surface area (Å²) in [6, 6.07) is 2.52. The van der Waals surface area contributed by atoms with Crippen molar-refractivity contribution in [3.8, 4) is 0 Å². The van der Waals surface area contributed by atoms with E-state index in [1.54, 1.807) is 0 Å². The second-order valence-electron chi connectivity index (χ2n) is 4.79. The van der Waals surface area contributed by atoms with E-state index in [2.05, 4.69) is 30.0 Å². The Bertz CT molecular complexity index is 335. The van der Waals surface area contributed by atoms with Crippen LogP contribution in [0, 0.1) is 0 Å². The Balaban J connectivity index is 2.10. The lowest BCUT2D eigenvalue weighted by Gasteiger charge is -2.21. The molecule has 1 fully saturated rings. The summed E-state index contributed by atoms with van der Waals surface area (Å²) < 4.78 is 5.36. The van der Waals surface area contributed by atoms with E-state index in [9.17, 15) is 0 Å². The first-order chi connectivity index (χ1) is 7.72. The molecule has 90 valence electrons. The minimum Gasteiger partial charge on any atom is -0.361 e. The maximum Gasteiger partial charge on any atom is 0.139 e. The molecule has 4 heteroatoms. The summed E-state index contributed by atoms with van der Waals surface area (Å²) in [5.41, 5.74) is 6.69. The molecule has 0 amide bonds. The predicted molar refractivity (Wildman–Crippen MR) is 63.2 cm³/mol. The van der Waals surface area contributed by atoms with Gasteiger partial charge in [0.2, 0.25) is 0 Å². The van der Waals surface area contributed by atoms with Gasteiger partial charge in [-0.2, -0.15) is 0 Å². The van der Waals surface area contributed by atoms with Crippen molar-refractivity contribution in [3.63, 3.8) is 0 Å². The summed E-state index contributed by atoms with van der Waals surface area (Å²) in [7, 11) is 0. The van der Waals surface area contributed by atoms with Crippen LogP contribution in [-0.2, 0) is 0 Å². The Morgan fingerprint density at radius 1 is 1.62 bits per heavy atom. The molecule has 16 heavy (non-hydrogen) atoms. The van der Waals surface area contributed by atoms with Crippen LogP contribution in [0.25, 0.3) is 0 Å². The Hall–Kier alpha value is -0.870. The van der Waals surface area contributed by atoms with E-state index in [1.807, 2.05) is 0 Å². The zero-order valence-electron chi connectivity index (χ0n) is 10.1. The molecule has 1 aliphatic rings. The fourth-order valence-electron chi connectivity index (χ4n) is 2.33. The van der Waals surface area contributed by atoms with Crippen molar-refractivity contribution in [2.24, 2.45) is 5.73 Å². The van der Waals surface area contributed by atoms with Crippen LogP contribution >= 0.6 is 0 Å². The number of aromatic nitrogens is 1. The average molecular weight is 223 g/mol. The van der Waals surface area contributed by atoms with Crippen LogP contribution in [0.1, 0.15) is 50.1 Å². The van der Waals surface area contributed by atoms with Crippen LogP contribution in [0.15, 0.2) is 10.6 Å². The smallest absolute Gasteiger partial charge is 0.139 e. The molecule has 1 unspecified atom stereocenters. The van der Waals surface area contributed by atoms with Gasteiger partial charge >= 0.3 is 0 Å². The van der Waals surface area contributed by atoms with Gasteiger partial charge in [0, 0.05) is 25.1 Å². The van der Waals surface area contributed by atoms with Gasteiger partial charge in [-0.25, -0.2) is 0 Å². The first-order valence-corrected chi connectivity index (χ1v) is 6.13. The zero-order chi connectivity index (χ0) is 11.5. The van der Waals surface area contributed by atoms with E-state index in [0.29, 0.717) is 18.5 Å². The van der Waals surface area contributed by atoms with Crippen LogP contribution in [0.2, 0.25) is 0 Å². The van der Waals surface area contributed by atoms with Crippen LogP contribution in [0.5, 0.6) is 0 Å². The predicted octanol–water partition coefficient (Wildman–Crippen LogP) is 1.89. The maximum atomic E-state index is 5.62. The van der Waals surface area contributed by atoms with Crippen molar-refractivity contribution in [2.75, 3.05) is 19.6 Å². The highest BCUT2D eigenvalue weighted by molar-refractivity contribution is 5.13. The molecule has 0 bridgehead atoms. The quantitative estimate of drug-likeness (QED) is 0.847. The van der Waals surface area contributed by atoms with E-state index in [1.165, 1.54) is 12.8 Å². The highest BCUT2D eigenvalue weighted by atomic mass is 16.5. The average Bonchev–Trinajstić information content (AvgIpc) is 2.84. The highest BCUT2D eigenvalue weighted by Gasteiger charge is 2.28. The summed E-state index contributed by atoms with van der Waals surface area (Å²) in [4.78, 5) is 2.40. The standard InChI is InChI=1S/C12H21N3O/c1-9(2)12-8-10(14-16-12)11-4-3-6-15(11)7-5-13/h8-9,11H,3-7,13H2,1-2H3. The number of hydrogen-bond donors (Lipinski definition) is 1. The van der Waals surface area contributed by atoms with Crippen molar-refractivity contribution in [1.82, 2.24) is 10.1 Å². The summed E-state index contributed by atoms with van der Waals surface area (Å²) in [5, 5.41) is 4.19. The van der Waals surface area contributed by atoms with Crippen LogP contribution in [-0.4, -0.2) is 29.7 Å². The van der Waals surface area contributed by atoms with Gasteiger partial charge in [0.05, 0.1) is 6.04 Å². The van der Waals surface area contributed by atoms with E-state index in [0.717, 1.165) is 24.5 Å². The van der Waals surface area contributed by atoms with E-state index in [-0.39, 0.29) is 0 Å². The summed E-state index contributed by atoms with van der Waals surface area (Å²) in [6.07, 6.45) is 2.40. The van der Waals surface area contributed by atoms with Crippen molar-refractivity contribution in [1.29, 1.82) is 0 Å². The van der Waals surface area contributed by atoms with E-state index in [4.69, 9.17) is 10.3 Å². The molecule has 0 aromatic carbocycles. The third-order valence-corrected chi connectivity index (χ3v) is 3.24. The highest BCUT2D eigenvalue weighted by Crippen LogP contribution is 2.31. The van der Waals surface area contributed by atoms with E-state index < -0.39 is 0 Å². The van der Waals surface area contributed by atoms with E-state index >= 15 is 0 Å². The lowest BCUT2D eigenvalue weighted by Crippen LogP contribution is -2.29. The Kier molecular flexibility index (Phi) is 3.61. The molecule has 2 heterocycles. The van der Waals surface area contributed by atoms with Crippen LogP contribution in [0.3, 0.4) is 0 Å². The molecular formula is C12H21N3O. The topological polar surface area (TPSA) is 55.3 Å². The molecule has 1 aromatic rings. The molecule has 0 saturated carbocycles. The first kappa shape index (κ1) is 11.6. The first-order valence-electron chi connectivity index (χ1n) is 6.13. The maximum absolute atomic E-state index is 5.62. The molecule has 1 aromatic heterocycles. The monoisotopic (exact) mass is 223 g/mol. The number of rotatable bonds is 4. The van der Waals surface area contributed by atoms with Gasteiger partial charge in [0.25, 0.3) is 0 Å². The van der Waals surface area contributed by atoms with Gasteiger partial charge in [0.15, 0.2) is 0 Å². The molecular weight excluding hydrogens is 202 g/mol. The molecule has 2 N–H and O–H groups in total. The lowest BCUT2D eigenvalue weighted by atomic mass is 10.1. The normalized spacial score (nSPS) is 22.1. The molecule has 0 radical (unpaired) electrons. The Morgan fingerprint density at radius 3 is 3.06 bits per heavy atom. The molecule has 0 spiro atoms. The van der Waals surface area contributed by atoms with Gasteiger partial charge in [-0.3, -0.25) is 4.90 Å². The molecule has 0 aliphatic carbocycles. The second kappa shape index (κ2) is 4.97. The third kappa shape index (κ3) is 2.28. The van der Waals surface area contributed by atoms with Crippen LogP contribution < -0.4 is 5.73 Å². The molecule has 1 atom stereocenters. The fourth-order valence-corrected chi connectivity index (χ4v) is 2.33. The van der Waals surface area contributed by atoms with Crippen molar-refractivity contribution < 1.29 is 4.52 Å². The Labute approximate surface area is 96.8 Å². The molecule has 1 aliphatic heterocycles. The fraction of sp³-hybridized carbons (Fsp3) is 0.750. The van der Waals surface area contributed by atoms with Gasteiger partial charge in [-0.1, -0.05) is 19.0 Å². The number of likely N-dealkylation sites (tertiary alicyclic amines) is 1. The van der Waals surface area contributed by atoms with Gasteiger partial charge in [0.1, 0.15) is 11.5 Å². The lowest BCUT2D eigenvalue weighted by molar-refractivity contribution is 0.250. The zero-order valence-corrected chi connectivity index (χ0v) is 10.1. The van der Waals surface area contributed by atoms with Crippen molar-refractivity contribution in [3.05, 3.63) is 17.5 Å². The number of hydrogen-bond acceptors (Lipinski definition) is 4. The number of nitrogens with two attached hydrogens (primary N) is 1.